The smallest absolute Gasteiger partial charge is 0.325 e. The first kappa shape index (κ1) is 22.2. The summed E-state index contributed by atoms with van der Waals surface area (Å²) in [7, 11) is 0. The first-order valence-electron chi connectivity index (χ1n) is 11.3. The molecule has 0 aromatic heterocycles. The molecule has 32 heavy (non-hydrogen) atoms. The number of carbonyl (C=O) groups excluding carboxylic acids is 2. The Bertz CT molecular complexity index is 1020. The Labute approximate surface area is 188 Å². The molecule has 0 spiro atoms. The summed E-state index contributed by atoms with van der Waals surface area (Å²) in [5.41, 5.74) is 0.511. The second-order valence-corrected chi connectivity index (χ2v) is 9.28. The van der Waals surface area contributed by atoms with Gasteiger partial charge in [0.25, 0.3) is 0 Å². The summed E-state index contributed by atoms with van der Waals surface area (Å²) in [5, 5.41) is 17.5. The van der Waals surface area contributed by atoms with Crippen LogP contribution in [-0.2, 0) is 9.59 Å². The molecule has 1 saturated carbocycles. The number of carbonyl (C=O) groups is 3. The van der Waals surface area contributed by atoms with Crippen LogP contribution in [0.4, 0.5) is 5.69 Å². The number of para-hydroxylation sites is 1. The number of anilines is 1. The second-order valence-electron chi connectivity index (χ2n) is 9.28. The maximum absolute atomic E-state index is 13.2. The number of benzene rings is 2. The highest BCUT2D eigenvalue weighted by Crippen LogP contribution is 2.51. The van der Waals surface area contributed by atoms with Gasteiger partial charge in [0, 0.05) is 35.7 Å². The molecular formula is C26H30N2O4. The van der Waals surface area contributed by atoms with Crippen molar-refractivity contribution in [1.29, 1.82) is 0 Å². The molecular weight excluding hydrogens is 404 g/mol. The van der Waals surface area contributed by atoms with Crippen molar-refractivity contribution in [2.24, 2.45) is 5.92 Å². The van der Waals surface area contributed by atoms with Gasteiger partial charge in [0.15, 0.2) is 0 Å². The molecule has 0 bridgehead atoms. The average molecular weight is 435 g/mol. The molecule has 4 rings (SSSR count). The predicted molar refractivity (Wildman–Crippen MR) is 123 cm³/mol. The van der Waals surface area contributed by atoms with Crippen molar-refractivity contribution >= 4 is 23.2 Å². The number of rotatable bonds is 8. The highest BCUT2D eigenvalue weighted by Gasteiger charge is 2.56. The van der Waals surface area contributed by atoms with Crippen LogP contribution in [0, 0.1) is 5.92 Å². The van der Waals surface area contributed by atoms with E-state index in [1.54, 1.807) is 30.3 Å². The molecule has 6 heteroatoms. The first-order chi connectivity index (χ1) is 15.3. The van der Waals surface area contributed by atoms with Gasteiger partial charge in [0.2, 0.25) is 11.6 Å². The summed E-state index contributed by atoms with van der Waals surface area (Å²) >= 11 is 0. The van der Waals surface area contributed by atoms with Gasteiger partial charge in [-0.05, 0) is 44.2 Å². The lowest BCUT2D eigenvalue weighted by molar-refractivity contribution is -0.149. The van der Waals surface area contributed by atoms with Gasteiger partial charge < -0.3 is 10.4 Å². The van der Waals surface area contributed by atoms with Crippen molar-refractivity contribution in [3.05, 3.63) is 65.7 Å². The number of nitrogens with one attached hydrogen (secondary N) is 2. The molecule has 1 aliphatic heterocycles. The molecule has 4 unspecified atom stereocenters. The van der Waals surface area contributed by atoms with E-state index in [-0.39, 0.29) is 23.6 Å². The van der Waals surface area contributed by atoms with Gasteiger partial charge in [-0.25, -0.2) is 0 Å². The van der Waals surface area contributed by atoms with E-state index in [2.05, 4.69) is 10.6 Å². The van der Waals surface area contributed by atoms with Gasteiger partial charge in [-0.3, -0.25) is 19.7 Å². The molecule has 1 fully saturated rings. The Morgan fingerprint density at radius 1 is 1.06 bits per heavy atom. The average Bonchev–Trinajstić information content (AvgIpc) is 3.24. The zero-order valence-corrected chi connectivity index (χ0v) is 18.5. The minimum absolute atomic E-state index is 0.0619. The summed E-state index contributed by atoms with van der Waals surface area (Å²) < 4.78 is 0. The quantitative estimate of drug-likeness (QED) is 0.429. The lowest BCUT2D eigenvalue weighted by Crippen LogP contribution is -2.63. The van der Waals surface area contributed by atoms with E-state index in [0.29, 0.717) is 0 Å². The van der Waals surface area contributed by atoms with Crippen LogP contribution in [0.25, 0.3) is 0 Å². The zero-order chi connectivity index (χ0) is 22.9. The van der Waals surface area contributed by atoms with E-state index >= 15 is 0 Å². The lowest BCUT2D eigenvalue weighted by Gasteiger charge is -2.47. The van der Waals surface area contributed by atoms with Crippen molar-refractivity contribution in [2.45, 2.75) is 63.1 Å². The minimum atomic E-state index is -1.58. The van der Waals surface area contributed by atoms with E-state index in [1.807, 2.05) is 38.1 Å². The Balaban J connectivity index is 1.80. The fraction of sp³-hybridized carbons (Fsp3) is 0.423. The number of aliphatic carboxylic acids is 1. The SMILES string of the molecule is CC(C)NC(CC(=O)C(=O)c1ccccc1)(C(=O)O)C1c2ccccc2NC2CCCC21. The molecule has 6 nitrogen and oxygen atoms in total. The Kier molecular flexibility index (Phi) is 6.15. The van der Waals surface area contributed by atoms with Crippen LogP contribution >= 0.6 is 0 Å². The van der Waals surface area contributed by atoms with Crippen molar-refractivity contribution in [1.82, 2.24) is 5.32 Å². The molecule has 2 aromatic carbocycles. The Hall–Kier alpha value is -2.99. The number of carboxylic acid groups (broad SMARTS) is 1. The van der Waals surface area contributed by atoms with Gasteiger partial charge in [-0.2, -0.15) is 0 Å². The molecule has 2 aromatic rings. The largest absolute Gasteiger partial charge is 0.480 e. The molecule has 0 radical (unpaired) electrons. The molecule has 0 amide bonds. The van der Waals surface area contributed by atoms with Crippen LogP contribution in [0.1, 0.15) is 61.4 Å². The molecule has 1 aliphatic carbocycles. The number of hydrogen-bond donors (Lipinski definition) is 3. The highest BCUT2D eigenvalue weighted by molar-refractivity contribution is 6.44. The van der Waals surface area contributed by atoms with E-state index in [1.165, 1.54) is 0 Å². The maximum atomic E-state index is 13.2. The van der Waals surface area contributed by atoms with Gasteiger partial charge in [-0.1, -0.05) is 55.0 Å². The van der Waals surface area contributed by atoms with Crippen LogP contribution in [0.3, 0.4) is 0 Å². The van der Waals surface area contributed by atoms with E-state index in [0.717, 1.165) is 30.5 Å². The number of ketones is 2. The van der Waals surface area contributed by atoms with E-state index in [4.69, 9.17) is 0 Å². The lowest BCUT2D eigenvalue weighted by atomic mass is 9.65. The summed E-state index contributed by atoms with van der Waals surface area (Å²) in [6, 6.07) is 16.1. The number of carboxylic acids is 1. The molecule has 2 aliphatic rings. The van der Waals surface area contributed by atoms with Gasteiger partial charge in [-0.15, -0.1) is 0 Å². The van der Waals surface area contributed by atoms with Crippen LogP contribution in [0.15, 0.2) is 54.6 Å². The van der Waals surface area contributed by atoms with E-state index in [9.17, 15) is 19.5 Å². The first-order valence-corrected chi connectivity index (χ1v) is 11.3. The number of hydrogen-bond acceptors (Lipinski definition) is 5. The third kappa shape index (κ3) is 3.95. The van der Waals surface area contributed by atoms with Crippen molar-refractivity contribution < 1.29 is 19.5 Å². The van der Waals surface area contributed by atoms with Gasteiger partial charge in [0.05, 0.1) is 0 Å². The molecule has 1 heterocycles. The fourth-order valence-electron chi connectivity index (χ4n) is 5.65. The predicted octanol–water partition coefficient (Wildman–Crippen LogP) is 4.03. The standard InChI is InChI=1S/C26H30N2O4/c1-16(2)28-26(25(31)32,15-22(29)24(30)17-9-4-3-5-10-17)23-18-11-6-7-13-20(18)27-21-14-8-12-19(21)23/h3-7,9-11,13,16,19,21,23,27-28H,8,12,14-15H2,1-2H3,(H,31,32). The highest BCUT2D eigenvalue weighted by atomic mass is 16.4. The van der Waals surface area contributed by atoms with Crippen molar-refractivity contribution in [3.8, 4) is 0 Å². The fourth-order valence-corrected chi connectivity index (χ4v) is 5.65. The number of fused-ring (bicyclic) bond motifs is 2. The third-order valence-electron chi connectivity index (χ3n) is 6.82. The monoisotopic (exact) mass is 434 g/mol. The summed E-state index contributed by atoms with van der Waals surface area (Å²) in [4.78, 5) is 39.1. The summed E-state index contributed by atoms with van der Waals surface area (Å²) in [5.74, 6) is -2.79. The van der Waals surface area contributed by atoms with Crippen LogP contribution in [0.2, 0.25) is 0 Å². The maximum Gasteiger partial charge on any atom is 0.325 e. The topological polar surface area (TPSA) is 95.5 Å². The molecule has 168 valence electrons. The zero-order valence-electron chi connectivity index (χ0n) is 18.5. The minimum Gasteiger partial charge on any atom is -0.480 e. The van der Waals surface area contributed by atoms with Crippen molar-refractivity contribution in [3.63, 3.8) is 0 Å². The summed E-state index contributed by atoms with van der Waals surface area (Å²) in [6.45, 7) is 3.75. The Morgan fingerprint density at radius 3 is 2.44 bits per heavy atom. The molecule has 0 saturated heterocycles. The molecule has 3 N–H and O–H groups in total. The third-order valence-corrected chi connectivity index (χ3v) is 6.82. The van der Waals surface area contributed by atoms with Gasteiger partial charge in [0.1, 0.15) is 5.54 Å². The van der Waals surface area contributed by atoms with Crippen LogP contribution in [0.5, 0.6) is 0 Å². The number of Topliss-reactive ketones (excluding diaryl/α,β-unsaturated/α-hetero) is 2. The van der Waals surface area contributed by atoms with E-state index < -0.39 is 35.4 Å². The molecule has 4 atom stereocenters. The van der Waals surface area contributed by atoms with Crippen LogP contribution in [-0.4, -0.2) is 40.3 Å². The summed E-state index contributed by atoms with van der Waals surface area (Å²) in [6.07, 6.45) is 2.45. The van der Waals surface area contributed by atoms with Crippen LogP contribution < -0.4 is 10.6 Å². The Morgan fingerprint density at radius 2 is 1.75 bits per heavy atom. The van der Waals surface area contributed by atoms with Crippen molar-refractivity contribution in [2.75, 3.05) is 5.32 Å². The second kappa shape index (κ2) is 8.87. The normalized spacial score (nSPS) is 23.5. The van der Waals surface area contributed by atoms with Gasteiger partial charge >= 0.3 is 5.97 Å².